The van der Waals surface area contributed by atoms with Crippen LogP contribution in [0.2, 0.25) is 0 Å². The monoisotopic (exact) mass is 296 g/mol. The Morgan fingerprint density at radius 3 is 1.41 bits per heavy atom. The molecule has 0 saturated carbocycles. The third kappa shape index (κ3) is 3.43. The maximum atomic E-state index is 11.9. The fraction of sp³-hybridized carbons (Fsp3) is 0. The van der Waals surface area contributed by atoms with Crippen molar-refractivity contribution in [3.05, 3.63) is 59.7 Å². The second-order valence-corrected chi connectivity index (χ2v) is 4.32. The molecule has 2 N–H and O–H groups in total. The molecule has 2 amide bonds. The SMILES string of the molecule is O=Cc1ccccc1NC(=O)C(=O)Nc1ccccc1C=O. The molecule has 0 fully saturated rings. The minimum atomic E-state index is -0.935. The Bertz CT molecular complexity index is 677. The molecule has 2 aromatic carbocycles. The average molecular weight is 296 g/mol. The predicted molar refractivity (Wildman–Crippen MR) is 80.9 cm³/mol. The van der Waals surface area contributed by atoms with E-state index in [-0.39, 0.29) is 22.5 Å². The van der Waals surface area contributed by atoms with Crippen LogP contribution in [0, 0.1) is 0 Å². The van der Waals surface area contributed by atoms with Gasteiger partial charge in [-0.05, 0) is 24.3 Å². The van der Waals surface area contributed by atoms with E-state index in [0.29, 0.717) is 12.6 Å². The molecular formula is C16H12N2O4. The molecule has 6 heteroatoms. The van der Waals surface area contributed by atoms with Gasteiger partial charge in [-0.1, -0.05) is 24.3 Å². The maximum Gasteiger partial charge on any atom is 0.314 e. The number of hydrogen-bond donors (Lipinski definition) is 2. The van der Waals surface area contributed by atoms with E-state index < -0.39 is 11.8 Å². The van der Waals surface area contributed by atoms with E-state index in [1.54, 1.807) is 24.3 Å². The predicted octanol–water partition coefficient (Wildman–Crippen LogP) is 1.89. The number of aldehydes is 2. The van der Waals surface area contributed by atoms with Crippen LogP contribution < -0.4 is 10.6 Å². The van der Waals surface area contributed by atoms with Gasteiger partial charge in [0.05, 0.1) is 11.4 Å². The minimum Gasteiger partial charge on any atom is -0.317 e. The van der Waals surface area contributed by atoms with Crippen LogP contribution in [0.15, 0.2) is 48.5 Å². The van der Waals surface area contributed by atoms with Gasteiger partial charge in [0.15, 0.2) is 12.6 Å². The normalized spacial score (nSPS) is 9.64. The molecule has 6 nitrogen and oxygen atoms in total. The molecule has 0 heterocycles. The van der Waals surface area contributed by atoms with E-state index in [2.05, 4.69) is 10.6 Å². The van der Waals surface area contributed by atoms with Crippen molar-refractivity contribution in [2.45, 2.75) is 0 Å². The largest absolute Gasteiger partial charge is 0.317 e. The topological polar surface area (TPSA) is 92.3 Å². The summed E-state index contributed by atoms with van der Waals surface area (Å²) in [5.74, 6) is -1.87. The van der Waals surface area contributed by atoms with Crippen molar-refractivity contribution in [2.75, 3.05) is 10.6 Å². The Kier molecular flexibility index (Phi) is 4.77. The molecule has 0 atom stereocenters. The van der Waals surface area contributed by atoms with E-state index in [4.69, 9.17) is 0 Å². The van der Waals surface area contributed by atoms with Gasteiger partial charge in [0.25, 0.3) is 0 Å². The van der Waals surface area contributed by atoms with Crippen molar-refractivity contribution in [2.24, 2.45) is 0 Å². The van der Waals surface area contributed by atoms with Crippen LogP contribution in [-0.4, -0.2) is 24.4 Å². The first-order valence-corrected chi connectivity index (χ1v) is 6.36. The molecule has 2 rings (SSSR count). The van der Waals surface area contributed by atoms with Gasteiger partial charge in [0.1, 0.15) is 0 Å². The van der Waals surface area contributed by atoms with Gasteiger partial charge in [0.2, 0.25) is 0 Å². The summed E-state index contributed by atoms with van der Waals surface area (Å²) in [5.41, 5.74) is 0.997. The number of carbonyl (C=O) groups is 4. The smallest absolute Gasteiger partial charge is 0.314 e. The lowest BCUT2D eigenvalue weighted by Crippen LogP contribution is -2.29. The molecule has 110 valence electrons. The first-order valence-electron chi connectivity index (χ1n) is 6.36. The minimum absolute atomic E-state index is 0.237. The summed E-state index contributed by atoms with van der Waals surface area (Å²) in [6.45, 7) is 0. The van der Waals surface area contributed by atoms with Crippen LogP contribution in [0.4, 0.5) is 11.4 Å². The Hall–Kier alpha value is -3.28. The summed E-state index contributed by atoms with van der Waals surface area (Å²) >= 11 is 0. The summed E-state index contributed by atoms with van der Waals surface area (Å²) < 4.78 is 0. The second kappa shape index (κ2) is 6.94. The number of anilines is 2. The maximum absolute atomic E-state index is 11.9. The molecule has 0 aromatic heterocycles. The van der Waals surface area contributed by atoms with Crippen molar-refractivity contribution in [3.63, 3.8) is 0 Å². The van der Waals surface area contributed by atoms with Gasteiger partial charge in [-0.15, -0.1) is 0 Å². The first kappa shape index (κ1) is 15.1. The lowest BCUT2D eigenvalue weighted by Gasteiger charge is -2.09. The van der Waals surface area contributed by atoms with Gasteiger partial charge in [-0.3, -0.25) is 19.2 Å². The van der Waals surface area contributed by atoms with E-state index in [9.17, 15) is 19.2 Å². The van der Waals surface area contributed by atoms with Crippen LogP contribution in [-0.2, 0) is 9.59 Å². The summed E-state index contributed by atoms with van der Waals surface area (Å²) in [6, 6.07) is 12.6. The molecule has 0 aliphatic carbocycles. The standard InChI is InChI=1S/C16H12N2O4/c19-9-11-5-1-3-7-13(11)17-15(21)16(22)18-14-8-4-2-6-12(14)10-20/h1-10H,(H,17,21)(H,18,22). The Morgan fingerprint density at radius 1 is 0.682 bits per heavy atom. The highest BCUT2D eigenvalue weighted by Gasteiger charge is 2.16. The molecule has 0 aliphatic heterocycles. The quantitative estimate of drug-likeness (QED) is 0.665. The number of amides is 2. The molecule has 0 bridgehead atoms. The fourth-order valence-corrected chi connectivity index (χ4v) is 1.79. The van der Waals surface area contributed by atoms with Crippen molar-refractivity contribution in [1.82, 2.24) is 0 Å². The second-order valence-electron chi connectivity index (χ2n) is 4.32. The van der Waals surface area contributed by atoms with Crippen molar-refractivity contribution >= 4 is 35.8 Å². The van der Waals surface area contributed by atoms with Crippen molar-refractivity contribution < 1.29 is 19.2 Å². The van der Waals surface area contributed by atoms with Crippen LogP contribution >= 0.6 is 0 Å². The Morgan fingerprint density at radius 2 is 1.05 bits per heavy atom. The van der Waals surface area contributed by atoms with Gasteiger partial charge < -0.3 is 10.6 Å². The molecule has 0 spiro atoms. The van der Waals surface area contributed by atoms with Crippen molar-refractivity contribution in [1.29, 1.82) is 0 Å². The van der Waals surface area contributed by atoms with E-state index in [1.807, 2.05) is 0 Å². The molecule has 0 unspecified atom stereocenters. The number of para-hydroxylation sites is 2. The fourth-order valence-electron chi connectivity index (χ4n) is 1.79. The molecule has 2 aromatic rings. The van der Waals surface area contributed by atoms with Crippen LogP contribution in [0.25, 0.3) is 0 Å². The average Bonchev–Trinajstić information content (AvgIpc) is 2.55. The molecule has 0 aliphatic rings. The van der Waals surface area contributed by atoms with Gasteiger partial charge in [-0.2, -0.15) is 0 Å². The third-order valence-electron chi connectivity index (χ3n) is 2.88. The highest BCUT2D eigenvalue weighted by Crippen LogP contribution is 2.14. The van der Waals surface area contributed by atoms with E-state index in [1.165, 1.54) is 24.3 Å². The van der Waals surface area contributed by atoms with Gasteiger partial charge >= 0.3 is 11.8 Å². The summed E-state index contributed by atoms with van der Waals surface area (Å²) in [5, 5.41) is 4.70. The van der Waals surface area contributed by atoms with E-state index >= 15 is 0 Å². The first-order chi connectivity index (χ1) is 10.7. The van der Waals surface area contributed by atoms with E-state index in [0.717, 1.165) is 0 Å². The Labute approximate surface area is 126 Å². The van der Waals surface area contributed by atoms with Gasteiger partial charge in [-0.25, -0.2) is 0 Å². The molecule has 22 heavy (non-hydrogen) atoms. The summed E-state index contributed by atoms with van der Waals surface area (Å²) in [4.78, 5) is 45.4. The zero-order valence-electron chi connectivity index (χ0n) is 11.4. The lowest BCUT2D eigenvalue weighted by molar-refractivity contribution is -0.133. The Balaban J connectivity index is 2.11. The highest BCUT2D eigenvalue weighted by atomic mass is 16.2. The number of rotatable bonds is 4. The lowest BCUT2D eigenvalue weighted by atomic mass is 10.2. The number of benzene rings is 2. The summed E-state index contributed by atoms with van der Waals surface area (Å²) in [6.07, 6.45) is 1.16. The zero-order chi connectivity index (χ0) is 15.9. The van der Waals surface area contributed by atoms with Crippen LogP contribution in [0.1, 0.15) is 20.7 Å². The zero-order valence-corrected chi connectivity index (χ0v) is 11.4. The molecule has 0 radical (unpaired) electrons. The molecule has 0 saturated heterocycles. The third-order valence-corrected chi connectivity index (χ3v) is 2.88. The summed E-state index contributed by atoms with van der Waals surface area (Å²) in [7, 11) is 0. The highest BCUT2D eigenvalue weighted by molar-refractivity contribution is 6.44. The number of carbonyl (C=O) groups excluding carboxylic acids is 4. The number of nitrogens with one attached hydrogen (secondary N) is 2. The van der Waals surface area contributed by atoms with Crippen molar-refractivity contribution in [3.8, 4) is 0 Å². The van der Waals surface area contributed by atoms with Crippen LogP contribution in [0.5, 0.6) is 0 Å². The molecular weight excluding hydrogens is 284 g/mol. The van der Waals surface area contributed by atoms with Crippen LogP contribution in [0.3, 0.4) is 0 Å². The van der Waals surface area contributed by atoms with Gasteiger partial charge in [0, 0.05) is 11.1 Å². The number of hydrogen-bond acceptors (Lipinski definition) is 4.